The van der Waals surface area contributed by atoms with Crippen LogP contribution < -0.4 is 14.8 Å². The number of thiazole rings is 1. The van der Waals surface area contributed by atoms with Gasteiger partial charge in [-0.1, -0.05) is 23.5 Å². The first-order chi connectivity index (χ1) is 12.7. The highest BCUT2D eigenvalue weighted by Crippen LogP contribution is 2.28. The van der Waals surface area contributed by atoms with E-state index in [-0.39, 0.29) is 5.91 Å². The predicted octanol–water partition coefficient (Wildman–Crippen LogP) is 4.80. The largest absolute Gasteiger partial charge is 0.494 e. The van der Waals surface area contributed by atoms with E-state index in [9.17, 15) is 4.79 Å². The normalized spacial score (nSPS) is 10.7. The molecule has 0 radical (unpaired) electrons. The van der Waals surface area contributed by atoms with Gasteiger partial charge in [-0.15, -0.1) is 0 Å². The Balaban J connectivity index is 1.43. The second-order valence-electron chi connectivity index (χ2n) is 5.85. The lowest BCUT2D eigenvalue weighted by Gasteiger charge is -2.07. The maximum absolute atomic E-state index is 12.1. The number of fused-ring (bicyclic) bond motifs is 1. The first kappa shape index (κ1) is 18.2. The number of nitrogens with one attached hydrogen (secondary N) is 1. The third kappa shape index (κ3) is 4.73. The number of rotatable bonds is 8. The van der Waals surface area contributed by atoms with Gasteiger partial charge < -0.3 is 14.8 Å². The van der Waals surface area contributed by atoms with Crippen molar-refractivity contribution in [1.82, 2.24) is 4.98 Å². The van der Waals surface area contributed by atoms with Gasteiger partial charge in [-0.05, 0) is 56.2 Å². The number of nitrogens with zero attached hydrogens (tertiary/aromatic N) is 1. The molecule has 0 saturated heterocycles. The minimum absolute atomic E-state index is 0.0444. The van der Waals surface area contributed by atoms with Crippen LogP contribution in [0.2, 0.25) is 0 Å². The molecule has 3 rings (SSSR count). The van der Waals surface area contributed by atoms with Crippen molar-refractivity contribution in [2.45, 2.75) is 26.7 Å². The second kappa shape index (κ2) is 8.67. The van der Waals surface area contributed by atoms with Crippen molar-refractivity contribution in [1.29, 1.82) is 0 Å². The Morgan fingerprint density at radius 2 is 1.85 bits per heavy atom. The van der Waals surface area contributed by atoms with Crippen molar-refractivity contribution < 1.29 is 14.3 Å². The average Bonchev–Trinajstić information content (AvgIpc) is 3.04. The summed E-state index contributed by atoms with van der Waals surface area (Å²) in [5.74, 6) is 1.55. The number of hydrogen-bond acceptors (Lipinski definition) is 5. The number of hydrogen-bond donors (Lipinski definition) is 1. The van der Waals surface area contributed by atoms with Crippen LogP contribution in [0.3, 0.4) is 0 Å². The molecular formula is C20H22N2O3S. The van der Waals surface area contributed by atoms with E-state index in [1.165, 1.54) is 11.3 Å². The zero-order chi connectivity index (χ0) is 18.4. The lowest BCUT2D eigenvalue weighted by Crippen LogP contribution is -2.12. The highest BCUT2D eigenvalue weighted by molar-refractivity contribution is 7.22. The van der Waals surface area contributed by atoms with Crippen LogP contribution in [-0.4, -0.2) is 24.1 Å². The molecule has 2 aromatic carbocycles. The van der Waals surface area contributed by atoms with Crippen LogP contribution >= 0.6 is 11.3 Å². The molecule has 0 unspecified atom stereocenters. The van der Waals surface area contributed by atoms with Gasteiger partial charge in [-0.2, -0.15) is 0 Å². The van der Waals surface area contributed by atoms with Crippen LogP contribution in [0.15, 0.2) is 42.5 Å². The number of carbonyl (C=O) groups excluding carboxylic acids is 1. The van der Waals surface area contributed by atoms with Gasteiger partial charge >= 0.3 is 0 Å². The lowest BCUT2D eigenvalue weighted by molar-refractivity contribution is -0.116. The number of benzene rings is 2. The molecule has 1 N–H and O–H groups in total. The number of ether oxygens (including phenoxy) is 2. The van der Waals surface area contributed by atoms with E-state index in [0.29, 0.717) is 31.2 Å². The SMILES string of the molecule is CCOc1ccc(OCCCC(=O)Nc2nc3c(C)cccc3s2)cc1. The van der Waals surface area contributed by atoms with Gasteiger partial charge in [0.2, 0.25) is 5.91 Å². The molecule has 3 aromatic rings. The standard InChI is InChI=1S/C20H22N2O3S/c1-3-24-15-9-11-16(12-10-15)25-13-5-8-18(23)21-20-22-19-14(2)6-4-7-17(19)26-20/h4,6-7,9-12H,3,5,8,13H2,1-2H3,(H,21,22,23). The zero-order valence-electron chi connectivity index (χ0n) is 15.0. The van der Waals surface area contributed by atoms with Crippen molar-refractivity contribution in [3.8, 4) is 11.5 Å². The van der Waals surface area contributed by atoms with Gasteiger partial charge in [0.1, 0.15) is 11.5 Å². The fraction of sp³-hybridized carbons (Fsp3) is 0.300. The first-order valence-corrected chi connectivity index (χ1v) is 9.49. The number of carbonyl (C=O) groups is 1. The summed E-state index contributed by atoms with van der Waals surface area (Å²) >= 11 is 1.49. The lowest BCUT2D eigenvalue weighted by atomic mass is 10.2. The Morgan fingerprint density at radius 3 is 2.54 bits per heavy atom. The summed E-state index contributed by atoms with van der Waals surface area (Å²) in [6, 6.07) is 13.5. The minimum Gasteiger partial charge on any atom is -0.494 e. The molecule has 26 heavy (non-hydrogen) atoms. The van der Waals surface area contributed by atoms with Crippen LogP contribution in [0.5, 0.6) is 11.5 Å². The Kier molecular flexibility index (Phi) is 6.07. The van der Waals surface area contributed by atoms with E-state index >= 15 is 0 Å². The van der Waals surface area contributed by atoms with E-state index in [4.69, 9.17) is 9.47 Å². The van der Waals surface area contributed by atoms with E-state index in [2.05, 4.69) is 10.3 Å². The van der Waals surface area contributed by atoms with Crippen molar-refractivity contribution in [3.63, 3.8) is 0 Å². The first-order valence-electron chi connectivity index (χ1n) is 8.67. The number of aromatic nitrogens is 1. The molecule has 0 aliphatic carbocycles. The van der Waals surface area contributed by atoms with Gasteiger partial charge in [0, 0.05) is 6.42 Å². The predicted molar refractivity (Wildman–Crippen MR) is 105 cm³/mol. The minimum atomic E-state index is -0.0444. The summed E-state index contributed by atoms with van der Waals surface area (Å²) in [5, 5.41) is 3.52. The quantitative estimate of drug-likeness (QED) is 0.579. The molecular weight excluding hydrogens is 348 g/mol. The summed E-state index contributed by atoms with van der Waals surface area (Å²) in [6.07, 6.45) is 1.04. The molecule has 6 heteroatoms. The van der Waals surface area contributed by atoms with Crippen LogP contribution in [0.4, 0.5) is 5.13 Å². The average molecular weight is 370 g/mol. The summed E-state index contributed by atoms with van der Waals surface area (Å²) in [7, 11) is 0. The van der Waals surface area contributed by atoms with Gasteiger partial charge in [0.15, 0.2) is 5.13 Å². The number of aryl methyl sites for hydroxylation is 1. The molecule has 5 nitrogen and oxygen atoms in total. The number of amides is 1. The Hall–Kier alpha value is -2.60. The fourth-order valence-electron chi connectivity index (χ4n) is 2.54. The molecule has 1 amide bonds. The zero-order valence-corrected chi connectivity index (χ0v) is 15.8. The van der Waals surface area contributed by atoms with Crippen molar-refractivity contribution in [2.24, 2.45) is 0 Å². The molecule has 0 fully saturated rings. The van der Waals surface area contributed by atoms with E-state index in [1.807, 2.05) is 56.3 Å². The van der Waals surface area contributed by atoms with Gasteiger partial charge in [0.05, 0.1) is 23.4 Å². The molecule has 0 spiro atoms. The third-order valence-corrected chi connectivity index (χ3v) is 4.75. The molecule has 0 bridgehead atoms. The van der Waals surface area contributed by atoms with Gasteiger partial charge in [-0.25, -0.2) is 4.98 Å². The molecule has 0 aliphatic heterocycles. The van der Waals surface area contributed by atoms with E-state index in [1.54, 1.807) is 0 Å². The Morgan fingerprint density at radius 1 is 1.12 bits per heavy atom. The van der Waals surface area contributed by atoms with Crippen LogP contribution in [0.25, 0.3) is 10.2 Å². The summed E-state index contributed by atoms with van der Waals surface area (Å²) in [5.41, 5.74) is 2.06. The number of para-hydroxylation sites is 1. The monoisotopic (exact) mass is 370 g/mol. The summed E-state index contributed by atoms with van der Waals surface area (Å²) in [4.78, 5) is 16.6. The summed E-state index contributed by atoms with van der Waals surface area (Å²) < 4.78 is 12.1. The third-order valence-electron chi connectivity index (χ3n) is 3.82. The van der Waals surface area contributed by atoms with Crippen LogP contribution in [-0.2, 0) is 4.79 Å². The Bertz CT molecular complexity index is 874. The Labute approximate surface area is 157 Å². The molecule has 0 aliphatic rings. The van der Waals surface area contributed by atoms with Crippen molar-refractivity contribution >= 4 is 32.6 Å². The molecule has 0 saturated carbocycles. The topological polar surface area (TPSA) is 60.5 Å². The van der Waals surface area contributed by atoms with Crippen molar-refractivity contribution in [2.75, 3.05) is 18.5 Å². The van der Waals surface area contributed by atoms with E-state index in [0.717, 1.165) is 27.3 Å². The molecule has 1 heterocycles. The maximum atomic E-state index is 12.1. The molecule has 0 atom stereocenters. The second-order valence-corrected chi connectivity index (χ2v) is 6.88. The maximum Gasteiger partial charge on any atom is 0.226 e. The van der Waals surface area contributed by atoms with Gasteiger partial charge in [0.25, 0.3) is 0 Å². The molecule has 1 aromatic heterocycles. The molecule has 136 valence electrons. The smallest absolute Gasteiger partial charge is 0.226 e. The van der Waals surface area contributed by atoms with Crippen molar-refractivity contribution in [3.05, 3.63) is 48.0 Å². The van der Waals surface area contributed by atoms with Gasteiger partial charge in [-0.3, -0.25) is 4.79 Å². The number of anilines is 1. The fourth-order valence-corrected chi connectivity index (χ4v) is 3.50. The van der Waals surface area contributed by atoms with Crippen LogP contribution in [0, 0.1) is 6.92 Å². The summed E-state index contributed by atoms with van der Waals surface area (Å²) in [6.45, 7) is 5.10. The van der Waals surface area contributed by atoms with Crippen LogP contribution in [0.1, 0.15) is 25.3 Å². The van der Waals surface area contributed by atoms with E-state index < -0.39 is 0 Å². The highest BCUT2D eigenvalue weighted by atomic mass is 32.1. The highest BCUT2D eigenvalue weighted by Gasteiger charge is 2.09.